The van der Waals surface area contributed by atoms with Crippen molar-refractivity contribution in [2.24, 2.45) is 5.92 Å². The van der Waals surface area contributed by atoms with Crippen LogP contribution < -0.4 is 5.32 Å². The van der Waals surface area contributed by atoms with Crippen molar-refractivity contribution >= 4 is 31.8 Å². The summed E-state index contributed by atoms with van der Waals surface area (Å²) in [5.74, 6) is -0.452. The van der Waals surface area contributed by atoms with Crippen molar-refractivity contribution < 1.29 is 26.0 Å². The second-order valence-electron chi connectivity index (χ2n) is 8.65. The Morgan fingerprint density at radius 1 is 1.00 bits per heavy atom. The highest BCUT2D eigenvalue weighted by molar-refractivity contribution is 7.91. The van der Waals surface area contributed by atoms with Crippen molar-refractivity contribution in [2.75, 3.05) is 24.7 Å². The zero-order valence-corrected chi connectivity index (χ0v) is 21.2. The lowest BCUT2D eigenvalue weighted by atomic mass is 9.97. The molecule has 0 bridgehead atoms. The zero-order chi connectivity index (χ0) is 25.4. The van der Waals surface area contributed by atoms with Crippen LogP contribution in [0.4, 0.5) is 6.01 Å². The molecule has 0 saturated carbocycles. The molecule has 0 radical (unpaired) electrons. The highest BCUT2D eigenvalue weighted by Crippen LogP contribution is 2.27. The smallest absolute Gasteiger partial charge is 0.322 e. The summed E-state index contributed by atoms with van der Waals surface area (Å²) in [5, 5.41) is 10.6. The van der Waals surface area contributed by atoms with E-state index in [-0.39, 0.29) is 34.8 Å². The molecular weight excluding hydrogens is 492 g/mol. The molecule has 1 aliphatic rings. The Morgan fingerprint density at radius 3 is 2.34 bits per heavy atom. The van der Waals surface area contributed by atoms with Gasteiger partial charge in [-0.3, -0.25) is 10.1 Å². The van der Waals surface area contributed by atoms with E-state index in [0.29, 0.717) is 18.7 Å². The first-order chi connectivity index (χ1) is 16.4. The van der Waals surface area contributed by atoms with Crippen molar-refractivity contribution in [1.82, 2.24) is 14.5 Å². The molecule has 1 saturated heterocycles. The van der Waals surface area contributed by atoms with Gasteiger partial charge in [-0.25, -0.2) is 16.8 Å². The van der Waals surface area contributed by atoms with Crippen molar-refractivity contribution in [3.05, 3.63) is 53.6 Å². The number of nitrogens with one attached hydrogen (secondary N) is 1. The van der Waals surface area contributed by atoms with Crippen LogP contribution >= 0.6 is 0 Å². The maximum Gasteiger partial charge on any atom is 0.322 e. The summed E-state index contributed by atoms with van der Waals surface area (Å²) in [7, 11) is -7.43. The molecule has 1 amide bonds. The predicted molar refractivity (Wildman–Crippen MR) is 129 cm³/mol. The number of aryl methyl sites for hydroxylation is 2. The van der Waals surface area contributed by atoms with Crippen molar-refractivity contribution in [1.29, 1.82) is 0 Å². The molecule has 1 N–H and O–H groups in total. The normalized spacial score (nSPS) is 15.7. The number of sulfonamides is 1. The number of benzene rings is 2. The first-order valence-electron chi connectivity index (χ1n) is 11.0. The van der Waals surface area contributed by atoms with E-state index in [9.17, 15) is 21.6 Å². The minimum absolute atomic E-state index is 0.0161. The maximum absolute atomic E-state index is 13.0. The number of carbonyl (C=O) groups is 1. The summed E-state index contributed by atoms with van der Waals surface area (Å²) in [5.41, 5.74) is 2.86. The Hall–Kier alpha value is -3.09. The third-order valence-electron chi connectivity index (χ3n) is 5.96. The average molecular weight is 519 g/mol. The first-order valence-corrected chi connectivity index (χ1v) is 14.3. The number of anilines is 1. The Labute approximate surface area is 204 Å². The number of aromatic nitrogens is 2. The molecule has 0 atom stereocenters. The lowest BCUT2D eigenvalue weighted by molar-refractivity contribution is -0.121. The molecule has 0 aliphatic carbocycles. The molecule has 3 aromatic rings. The molecule has 10 nitrogen and oxygen atoms in total. The Morgan fingerprint density at radius 2 is 1.69 bits per heavy atom. The SMILES string of the molecule is Cc1ccc(-c2nnc(NC(=O)C3CCN(S(=O)(=O)c4cccc(S(C)(=O)=O)c4)CC3)o2)c(C)c1. The first kappa shape index (κ1) is 25.0. The topological polar surface area (TPSA) is 140 Å². The highest BCUT2D eigenvalue weighted by atomic mass is 32.2. The third-order valence-corrected chi connectivity index (χ3v) is 8.97. The van der Waals surface area contributed by atoms with Gasteiger partial charge in [-0.2, -0.15) is 4.31 Å². The van der Waals surface area contributed by atoms with Gasteiger partial charge < -0.3 is 4.42 Å². The summed E-state index contributed by atoms with van der Waals surface area (Å²) in [6, 6.07) is 11.1. The van der Waals surface area contributed by atoms with Crippen LogP contribution in [-0.4, -0.2) is 56.6 Å². The standard InChI is InChI=1S/C23H26N4O6S2/c1-15-7-8-20(16(2)13-15)22-25-26-23(33-22)24-21(28)17-9-11-27(12-10-17)35(31,32)19-6-4-5-18(14-19)34(3,29)30/h4-8,13-14,17H,9-12H2,1-3H3,(H,24,26,28). The summed E-state index contributed by atoms with van der Waals surface area (Å²) in [6.45, 7) is 4.17. The van der Waals surface area contributed by atoms with Crippen molar-refractivity contribution in [2.45, 2.75) is 36.5 Å². The Kier molecular flexibility index (Phi) is 6.80. The minimum atomic E-state index is -3.89. The molecule has 0 unspecified atom stereocenters. The highest BCUT2D eigenvalue weighted by Gasteiger charge is 2.33. The molecule has 1 aliphatic heterocycles. The number of carbonyl (C=O) groups excluding carboxylic acids is 1. The van der Waals surface area contributed by atoms with Crippen molar-refractivity contribution in [3.8, 4) is 11.5 Å². The second-order valence-corrected chi connectivity index (χ2v) is 12.6. The van der Waals surface area contributed by atoms with Crippen molar-refractivity contribution in [3.63, 3.8) is 0 Å². The van der Waals surface area contributed by atoms with Crippen LogP contribution in [0.5, 0.6) is 0 Å². The van der Waals surface area contributed by atoms with E-state index in [1.807, 2.05) is 32.0 Å². The number of sulfone groups is 1. The number of piperidine rings is 1. The average Bonchev–Trinajstić information content (AvgIpc) is 3.26. The number of hydrogen-bond acceptors (Lipinski definition) is 8. The van der Waals surface area contributed by atoms with Gasteiger partial charge in [0.25, 0.3) is 0 Å². The zero-order valence-electron chi connectivity index (χ0n) is 19.6. The van der Waals surface area contributed by atoms with Crippen LogP contribution in [0.25, 0.3) is 11.5 Å². The maximum atomic E-state index is 13.0. The molecule has 186 valence electrons. The van der Waals surface area contributed by atoms with Gasteiger partial charge in [0.05, 0.1) is 9.79 Å². The van der Waals surface area contributed by atoms with Crippen LogP contribution in [-0.2, 0) is 24.7 Å². The number of hydrogen-bond donors (Lipinski definition) is 1. The van der Waals surface area contributed by atoms with E-state index in [0.717, 1.165) is 29.0 Å². The second kappa shape index (κ2) is 9.51. The van der Waals surface area contributed by atoms with Gasteiger partial charge >= 0.3 is 6.01 Å². The fourth-order valence-electron chi connectivity index (χ4n) is 4.02. The van der Waals surface area contributed by atoms with E-state index >= 15 is 0 Å². The molecule has 0 spiro atoms. The molecular formula is C23H26N4O6S2. The molecule has 1 fully saturated rings. The fraction of sp³-hybridized carbons (Fsp3) is 0.348. The molecule has 12 heteroatoms. The minimum Gasteiger partial charge on any atom is -0.403 e. The van der Waals surface area contributed by atoms with E-state index < -0.39 is 25.8 Å². The van der Waals surface area contributed by atoms with Gasteiger partial charge in [-0.1, -0.05) is 28.9 Å². The summed E-state index contributed by atoms with van der Waals surface area (Å²) < 4.78 is 56.5. The monoisotopic (exact) mass is 518 g/mol. The van der Waals surface area contributed by atoms with Gasteiger partial charge in [-0.05, 0) is 56.5 Å². The lowest BCUT2D eigenvalue weighted by Gasteiger charge is -2.30. The number of amides is 1. The van der Waals surface area contributed by atoms with E-state index in [1.165, 1.54) is 22.5 Å². The molecule has 2 aromatic carbocycles. The van der Waals surface area contributed by atoms with E-state index in [1.54, 1.807) is 0 Å². The number of nitrogens with zero attached hydrogens (tertiary/aromatic N) is 3. The Balaban J connectivity index is 1.39. The summed E-state index contributed by atoms with van der Waals surface area (Å²) in [4.78, 5) is 12.6. The summed E-state index contributed by atoms with van der Waals surface area (Å²) >= 11 is 0. The van der Waals surface area contributed by atoms with Crippen LogP contribution in [0, 0.1) is 19.8 Å². The quantitative estimate of drug-likeness (QED) is 0.525. The van der Waals surface area contributed by atoms with E-state index in [4.69, 9.17) is 4.42 Å². The molecule has 1 aromatic heterocycles. The van der Waals surface area contributed by atoms with Gasteiger partial charge in [0.15, 0.2) is 9.84 Å². The third kappa shape index (κ3) is 5.44. The van der Waals surface area contributed by atoms with Gasteiger partial charge in [0.2, 0.25) is 21.8 Å². The van der Waals surface area contributed by atoms with Crippen LogP contribution in [0.2, 0.25) is 0 Å². The van der Waals surface area contributed by atoms with Gasteiger partial charge in [0, 0.05) is 30.8 Å². The van der Waals surface area contributed by atoms with Crippen LogP contribution in [0.15, 0.2) is 56.7 Å². The van der Waals surface area contributed by atoms with Gasteiger partial charge in [-0.15, -0.1) is 5.10 Å². The van der Waals surface area contributed by atoms with Crippen LogP contribution in [0.1, 0.15) is 24.0 Å². The Bertz CT molecular complexity index is 1470. The largest absolute Gasteiger partial charge is 0.403 e. The van der Waals surface area contributed by atoms with E-state index in [2.05, 4.69) is 15.5 Å². The fourth-order valence-corrected chi connectivity index (χ4v) is 6.27. The number of rotatable bonds is 6. The van der Waals surface area contributed by atoms with Gasteiger partial charge in [0.1, 0.15) is 0 Å². The lowest BCUT2D eigenvalue weighted by Crippen LogP contribution is -2.41. The molecule has 4 rings (SSSR count). The summed E-state index contributed by atoms with van der Waals surface area (Å²) in [6.07, 6.45) is 1.63. The molecule has 35 heavy (non-hydrogen) atoms. The van der Waals surface area contributed by atoms with Crippen LogP contribution in [0.3, 0.4) is 0 Å². The predicted octanol–water partition coefficient (Wildman–Crippen LogP) is 2.80. The molecule has 2 heterocycles.